The number of halogens is 2. The molecule has 0 saturated carbocycles. The first-order valence-electron chi connectivity index (χ1n) is 11.2. The maximum absolute atomic E-state index is 13.4. The fraction of sp³-hybridized carbons (Fsp3) is 0.696. The number of aliphatic imine (C=N–C) groups is 1. The summed E-state index contributed by atoms with van der Waals surface area (Å²) in [4.78, 5) is 7.40. The van der Waals surface area contributed by atoms with Gasteiger partial charge in [0.1, 0.15) is 5.82 Å². The Hall–Kier alpha value is -1.37. The van der Waals surface area contributed by atoms with Crippen molar-refractivity contribution in [2.24, 2.45) is 10.9 Å². The fourth-order valence-electron chi connectivity index (χ4n) is 4.27. The highest BCUT2D eigenvalue weighted by atomic mass is 35.5. The van der Waals surface area contributed by atoms with Crippen molar-refractivity contribution < 1.29 is 9.13 Å². The molecule has 3 rings (SSSR count). The largest absolute Gasteiger partial charge is 0.381 e. The van der Waals surface area contributed by atoms with Gasteiger partial charge in [0, 0.05) is 49.3 Å². The molecule has 2 aliphatic rings. The predicted molar refractivity (Wildman–Crippen MR) is 122 cm³/mol. The maximum Gasteiger partial charge on any atom is 0.191 e. The van der Waals surface area contributed by atoms with Gasteiger partial charge in [0.15, 0.2) is 5.96 Å². The summed E-state index contributed by atoms with van der Waals surface area (Å²) in [5.41, 5.74) is 0.620. The van der Waals surface area contributed by atoms with Crippen molar-refractivity contribution in [1.29, 1.82) is 0 Å². The lowest BCUT2D eigenvalue weighted by atomic mass is 9.84. The average Bonchev–Trinajstić information content (AvgIpc) is 3.20. The summed E-state index contributed by atoms with van der Waals surface area (Å²) in [6.07, 6.45) is 3.43. The quantitative estimate of drug-likeness (QED) is 0.502. The zero-order valence-electron chi connectivity index (χ0n) is 18.5. The molecule has 1 atom stereocenters. The third-order valence-electron chi connectivity index (χ3n) is 6.11. The van der Waals surface area contributed by atoms with Crippen LogP contribution in [0.5, 0.6) is 0 Å². The molecule has 2 saturated heterocycles. The molecule has 2 N–H and O–H groups in total. The molecule has 2 aliphatic heterocycles. The Kier molecular flexibility index (Phi) is 8.37. The van der Waals surface area contributed by atoms with Gasteiger partial charge < -0.3 is 20.3 Å². The van der Waals surface area contributed by atoms with Crippen molar-refractivity contribution >= 4 is 17.6 Å². The van der Waals surface area contributed by atoms with Crippen molar-refractivity contribution in [2.75, 3.05) is 45.9 Å². The number of piperidine rings is 1. The summed E-state index contributed by atoms with van der Waals surface area (Å²) < 4.78 is 18.9. The first kappa shape index (κ1) is 23.3. The Balaban J connectivity index is 1.54. The SMILES string of the molecule is CCNC(=NCC(C)(C)c1ccc(F)cc1Cl)NC1CCN(CC2CCOC2)CC1. The summed E-state index contributed by atoms with van der Waals surface area (Å²) in [6, 6.07) is 5.02. The standard InChI is InChI=1S/C23H36ClFN4O/c1-4-26-22(27-16-23(2,3)20-6-5-18(25)13-21(20)24)28-19-7-10-29(11-8-19)14-17-9-12-30-15-17/h5-6,13,17,19H,4,7-12,14-16H2,1-3H3,(H2,26,27,28). The van der Waals surface area contributed by atoms with E-state index in [4.69, 9.17) is 21.3 Å². The van der Waals surface area contributed by atoms with Gasteiger partial charge in [-0.25, -0.2) is 4.39 Å². The molecule has 1 unspecified atom stereocenters. The molecule has 0 bridgehead atoms. The second-order valence-corrected chi connectivity index (χ2v) is 9.56. The fourth-order valence-corrected chi connectivity index (χ4v) is 4.69. The molecule has 5 nitrogen and oxygen atoms in total. The van der Waals surface area contributed by atoms with E-state index in [-0.39, 0.29) is 11.2 Å². The van der Waals surface area contributed by atoms with Crippen molar-refractivity contribution in [3.05, 3.63) is 34.6 Å². The molecule has 7 heteroatoms. The zero-order valence-corrected chi connectivity index (χ0v) is 19.3. The Morgan fingerprint density at radius 3 is 2.70 bits per heavy atom. The molecule has 0 spiro atoms. The molecular weight excluding hydrogens is 403 g/mol. The molecular formula is C23H36ClFN4O. The highest BCUT2D eigenvalue weighted by molar-refractivity contribution is 6.31. The number of guanidine groups is 1. The van der Waals surface area contributed by atoms with E-state index in [2.05, 4.69) is 36.3 Å². The lowest BCUT2D eigenvalue weighted by Crippen LogP contribution is -2.49. The lowest BCUT2D eigenvalue weighted by Gasteiger charge is -2.34. The van der Waals surface area contributed by atoms with Gasteiger partial charge in [0.25, 0.3) is 0 Å². The summed E-state index contributed by atoms with van der Waals surface area (Å²) >= 11 is 6.29. The summed E-state index contributed by atoms with van der Waals surface area (Å²) in [5, 5.41) is 7.43. The molecule has 0 radical (unpaired) electrons. The minimum atomic E-state index is -0.315. The highest BCUT2D eigenvalue weighted by Crippen LogP contribution is 2.30. The van der Waals surface area contributed by atoms with Crippen LogP contribution in [-0.4, -0.2) is 62.8 Å². The second-order valence-electron chi connectivity index (χ2n) is 9.15. The maximum atomic E-state index is 13.4. The van der Waals surface area contributed by atoms with Crippen molar-refractivity contribution in [3.8, 4) is 0 Å². The predicted octanol–water partition coefficient (Wildman–Crippen LogP) is 3.81. The number of ether oxygens (including phenoxy) is 1. The number of hydrogen-bond acceptors (Lipinski definition) is 3. The Labute approximate surface area is 185 Å². The molecule has 2 fully saturated rings. The van der Waals surface area contributed by atoms with E-state index in [1.165, 1.54) is 18.6 Å². The summed E-state index contributed by atoms with van der Waals surface area (Å²) in [7, 11) is 0. The van der Waals surface area contributed by atoms with Crippen molar-refractivity contribution in [1.82, 2.24) is 15.5 Å². The Morgan fingerprint density at radius 1 is 1.30 bits per heavy atom. The molecule has 0 aromatic heterocycles. The second kappa shape index (κ2) is 10.8. The van der Waals surface area contributed by atoms with E-state index in [0.29, 0.717) is 23.5 Å². The number of nitrogens with zero attached hydrogens (tertiary/aromatic N) is 2. The van der Waals surface area contributed by atoms with Gasteiger partial charge in [-0.2, -0.15) is 0 Å². The first-order chi connectivity index (χ1) is 14.4. The smallest absolute Gasteiger partial charge is 0.191 e. The molecule has 1 aromatic carbocycles. The molecule has 0 amide bonds. The van der Waals surface area contributed by atoms with Crippen LogP contribution in [0.2, 0.25) is 5.02 Å². The van der Waals surface area contributed by atoms with Crippen molar-refractivity contribution in [2.45, 2.75) is 51.5 Å². The molecule has 30 heavy (non-hydrogen) atoms. The van der Waals surface area contributed by atoms with E-state index < -0.39 is 0 Å². The third-order valence-corrected chi connectivity index (χ3v) is 6.42. The number of rotatable bonds is 7. The van der Waals surface area contributed by atoms with Gasteiger partial charge in [-0.3, -0.25) is 4.99 Å². The molecule has 168 valence electrons. The van der Waals surface area contributed by atoms with E-state index in [0.717, 1.165) is 63.8 Å². The molecule has 0 aliphatic carbocycles. The third kappa shape index (κ3) is 6.56. The Bertz CT molecular complexity index is 713. The lowest BCUT2D eigenvalue weighted by molar-refractivity contribution is 0.150. The van der Waals surface area contributed by atoms with Crippen LogP contribution in [0.25, 0.3) is 0 Å². The van der Waals surface area contributed by atoms with Crippen LogP contribution in [0.1, 0.15) is 45.6 Å². The van der Waals surface area contributed by atoms with Crippen LogP contribution in [0.15, 0.2) is 23.2 Å². The van der Waals surface area contributed by atoms with E-state index in [1.54, 1.807) is 6.07 Å². The van der Waals surface area contributed by atoms with E-state index in [1.807, 2.05) is 0 Å². The van der Waals surface area contributed by atoms with Gasteiger partial charge >= 0.3 is 0 Å². The molecule has 2 heterocycles. The van der Waals surface area contributed by atoms with Gasteiger partial charge in [-0.15, -0.1) is 0 Å². The van der Waals surface area contributed by atoms with Gasteiger partial charge in [0.05, 0.1) is 13.2 Å². The van der Waals surface area contributed by atoms with Crippen LogP contribution in [0.4, 0.5) is 4.39 Å². The van der Waals surface area contributed by atoms with E-state index in [9.17, 15) is 4.39 Å². The summed E-state index contributed by atoms with van der Waals surface area (Å²) in [6.45, 7) is 12.9. The number of likely N-dealkylation sites (tertiary alicyclic amines) is 1. The van der Waals surface area contributed by atoms with Crippen molar-refractivity contribution in [3.63, 3.8) is 0 Å². The van der Waals surface area contributed by atoms with Gasteiger partial charge in [-0.1, -0.05) is 31.5 Å². The number of nitrogens with one attached hydrogen (secondary N) is 2. The topological polar surface area (TPSA) is 48.9 Å². The minimum Gasteiger partial charge on any atom is -0.381 e. The monoisotopic (exact) mass is 438 g/mol. The van der Waals surface area contributed by atoms with Crippen LogP contribution in [-0.2, 0) is 10.2 Å². The first-order valence-corrected chi connectivity index (χ1v) is 11.6. The van der Waals surface area contributed by atoms with Gasteiger partial charge in [0.2, 0.25) is 0 Å². The van der Waals surface area contributed by atoms with E-state index >= 15 is 0 Å². The van der Waals surface area contributed by atoms with Crippen LogP contribution in [0.3, 0.4) is 0 Å². The van der Waals surface area contributed by atoms with Crippen LogP contribution >= 0.6 is 11.6 Å². The highest BCUT2D eigenvalue weighted by Gasteiger charge is 2.26. The normalized spacial score (nSPS) is 21.8. The summed E-state index contributed by atoms with van der Waals surface area (Å²) in [5.74, 6) is 1.23. The van der Waals surface area contributed by atoms with Crippen LogP contribution in [0, 0.1) is 11.7 Å². The Morgan fingerprint density at radius 2 is 2.07 bits per heavy atom. The number of hydrogen-bond donors (Lipinski definition) is 2. The number of benzene rings is 1. The zero-order chi connectivity index (χ0) is 21.6. The average molecular weight is 439 g/mol. The molecule has 1 aromatic rings. The van der Waals surface area contributed by atoms with Crippen LogP contribution < -0.4 is 10.6 Å². The minimum absolute atomic E-state index is 0.292. The van der Waals surface area contributed by atoms with Gasteiger partial charge in [-0.05, 0) is 49.8 Å².